The third-order valence-corrected chi connectivity index (χ3v) is 3.78. The first-order chi connectivity index (χ1) is 9.05. The maximum absolute atomic E-state index is 11.9. The lowest BCUT2D eigenvalue weighted by molar-refractivity contribution is 0.475. The van der Waals surface area contributed by atoms with Crippen molar-refractivity contribution < 1.29 is 13.5 Å². The van der Waals surface area contributed by atoms with Crippen LogP contribution in [0.25, 0.3) is 0 Å². The van der Waals surface area contributed by atoms with Crippen LogP contribution in [0.3, 0.4) is 0 Å². The van der Waals surface area contributed by atoms with E-state index in [1.165, 1.54) is 24.3 Å². The summed E-state index contributed by atoms with van der Waals surface area (Å²) in [4.78, 5) is 4.08. The van der Waals surface area contributed by atoms with Crippen LogP contribution in [0.4, 0.5) is 5.69 Å². The van der Waals surface area contributed by atoms with Crippen LogP contribution in [0.1, 0.15) is 5.69 Å². The molecule has 0 radical (unpaired) electrons. The average molecular weight is 278 g/mol. The Morgan fingerprint density at radius 2 is 1.84 bits per heavy atom. The van der Waals surface area contributed by atoms with E-state index < -0.39 is 10.0 Å². The SMILES string of the molecule is O=S(=O)(CCc1ccccn1)Nc1ccc(O)cc1. The molecule has 0 unspecified atom stereocenters. The molecule has 0 amide bonds. The average Bonchev–Trinajstić information content (AvgIpc) is 2.40. The van der Waals surface area contributed by atoms with Gasteiger partial charge in [0.2, 0.25) is 10.0 Å². The third kappa shape index (κ3) is 4.26. The number of hydrogen-bond acceptors (Lipinski definition) is 4. The standard InChI is InChI=1S/C13H14N2O3S/c16-13-6-4-12(5-7-13)15-19(17,18)10-8-11-3-1-2-9-14-11/h1-7,9,15-16H,8,10H2. The molecule has 0 aliphatic heterocycles. The Morgan fingerprint density at radius 3 is 2.47 bits per heavy atom. The van der Waals surface area contributed by atoms with E-state index >= 15 is 0 Å². The van der Waals surface area contributed by atoms with E-state index in [0.29, 0.717) is 12.1 Å². The molecular formula is C13H14N2O3S. The maximum atomic E-state index is 11.9. The van der Waals surface area contributed by atoms with Crippen LogP contribution in [-0.2, 0) is 16.4 Å². The van der Waals surface area contributed by atoms with E-state index in [9.17, 15) is 8.42 Å². The fourth-order valence-electron chi connectivity index (χ4n) is 1.55. The van der Waals surface area contributed by atoms with E-state index in [1.807, 2.05) is 6.07 Å². The maximum Gasteiger partial charge on any atom is 0.233 e. The molecule has 6 heteroatoms. The normalized spacial score (nSPS) is 11.2. The zero-order valence-electron chi connectivity index (χ0n) is 10.2. The Hall–Kier alpha value is -2.08. The number of phenolic OH excluding ortho intramolecular Hbond substituents is 1. The van der Waals surface area contributed by atoms with Crippen molar-refractivity contribution in [2.45, 2.75) is 6.42 Å². The quantitative estimate of drug-likeness (QED) is 0.817. The Labute approximate surface area is 112 Å². The van der Waals surface area contributed by atoms with Gasteiger partial charge in [-0.15, -0.1) is 0 Å². The summed E-state index contributed by atoms with van der Waals surface area (Å²) in [6, 6.07) is 11.3. The number of rotatable bonds is 5. The van der Waals surface area contributed by atoms with Crippen LogP contribution >= 0.6 is 0 Å². The van der Waals surface area contributed by atoms with Crippen LogP contribution < -0.4 is 4.72 Å². The Bertz CT molecular complexity index is 625. The molecule has 0 saturated carbocycles. The van der Waals surface area contributed by atoms with Gasteiger partial charge in [0.15, 0.2) is 0 Å². The molecule has 2 rings (SSSR count). The van der Waals surface area contributed by atoms with Crippen molar-refractivity contribution in [1.82, 2.24) is 4.98 Å². The lowest BCUT2D eigenvalue weighted by Crippen LogP contribution is -2.18. The van der Waals surface area contributed by atoms with E-state index in [0.717, 1.165) is 5.69 Å². The molecule has 19 heavy (non-hydrogen) atoms. The zero-order valence-corrected chi connectivity index (χ0v) is 11.0. The van der Waals surface area contributed by atoms with E-state index in [1.54, 1.807) is 18.3 Å². The minimum Gasteiger partial charge on any atom is -0.508 e. The molecule has 0 saturated heterocycles. The number of nitrogens with zero attached hydrogens (tertiary/aromatic N) is 1. The van der Waals surface area contributed by atoms with Gasteiger partial charge >= 0.3 is 0 Å². The summed E-state index contributed by atoms with van der Waals surface area (Å²) in [5.74, 6) is 0.0571. The molecule has 0 aliphatic rings. The predicted octanol–water partition coefficient (Wildman–Crippen LogP) is 1.77. The van der Waals surface area contributed by atoms with Crippen molar-refractivity contribution in [3.63, 3.8) is 0 Å². The molecule has 2 N–H and O–H groups in total. The minimum atomic E-state index is -3.42. The molecule has 0 aliphatic carbocycles. The smallest absolute Gasteiger partial charge is 0.233 e. The van der Waals surface area contributed by atoms with E-state index in [-0.39, 0.29) is 11.5 Å². The highest BCUT2D eigenvalue weighted by molar-refractivity contribution is 7.92. The summed E-state index contributed by atoms with van der Waals surface area (Å²) in [5.41, 5.74) is 1.16. The largest absolute Gasteiger partial charge is 0.508 e. The second kappa shape index (κ2) is 5.71. The van der Waals surface area contributed by atoms with Crippen LogP contribution in [0, 0.1) is 0 Å². The topological polar surface area (TPSA) is 79.3 Å². The first kappa shape index (κ1) is 13.4. The second-order valence-corrected chi connectivity index (χ2v) is 5.88. The van der Waals surface area contributed by atoms with Gasteiger partial charge in [-0.2, -0.15) is 0 Å². The molecule has 0 atom stereocenters. The molecule has 1 aromatic heterocycles. The fourth-order valence-corrected chi connectivity index (χ4v) is 2.62. The van der Waals surface area contributed by atoms with Crippen molar-refractivity contribution in [2.24, 2.45) is 0 Å². The summed E-state index contributed by atoms with van der Waals surface area (Å²) in [5, 5.41) is 9.12. The molecule has 1 aromatic carbocycles. The van der Waals surface area contributed by atoms with Crippen LogP contribution in [0.2, 0.25) is 0 Å². The second-order valence-electron chi connectivity index (χ2n) is 4.04. The first-order valence-corrected chi connectivity index (χ1v) is 7.40. The van der Waals surface area contributed by atoms with Crippen molar-refractivity contribution in [1.29, 1.82) is 0 Å². The van der Waals surface area contributed by atoms with Crippen molar-refractivity contribution in [3.8, 4) is 5.75 Å². The molecule has 2 aromatic rings. The summed E-state index contributed by atoms with van der Waals surface area (Å²) in [7, 11) is -3.42. The fraction of sp³-hybridized carbons (Fsp3) is 0.154. The van der Waals surface area contributed by atoms with Crippen molar-refractivity contribution >= 4 is 15.7 Å². The Kier molecular flexibility index (Phi) is 4.01. The molecule has 0 bridgehead atoms. The van der Waals surface area contributed by atoms with Gasteiger partial charge in [-0.1, -0.05) is 6.07 Å². The number of pyridine rings is 1. The number of anilines is 1. The van der Waals surface area contributed by atoms with Crippen molar-refractivity contribution in [2.75, 3.05) is 10.5 Å². The van der Waals surface area contributed by atoms with Crippen LogP contribution in [0.15, 0.2) is 48.7 Å². The van der Waals surface area contributed by atoms with Gasteiger partial charge in [-0.25, -0.2) is 8.42 Å². The van der Waals surface area contributed by atoms with Gasteiger partial charge in [-0.3, -0.25) is 9.71 Å². The number of phenols is 1. The first-order valence-electron chi connectivity index (χ1n) is 5.75. The lowest BCUT2D eigenvalue weighted by atomic mass is 10.3. The highest BCUT2D eigenvalue weighted by Crippen LogP contribution is 2.15. The number of benzene rings is 1. The number of aryl methyl sites for hydroxylation is 1. The molecule has 100 valence electrons. The molecular weight excluding hydrogens is 264 g/mol. The van der Waals surface area contributed by atoms with E-state index in [4.69, 9.17) is 5.11 Å². The van der Waals surface area contributed by atoms with Gasteiger partial charge in [0, 0.05) is 24.0 Å². The number of sulfonamides is 1. The minimum absolute atomic E-state index is 0.0368. The molecule has 1 heterocycles. The monoisotopic (exact) mass is 278 g/mol. The number of nitrogens with one attached hydrogen (secondary N) is 1. The van der Waals surface area contributed by atoms with Gasteiger partial charge in [0.1, 0.15) is 5.75 Å². The lowest BCUT2D eigenvalue weighted by Gasteiger charge is -2.07. The van der Waals surface area contributed by atoms with E-state index in [2.05, 4.69) is 9.71 Å². The summed E-state index contributed by atoms with van der Waals surface area (Å²) in [6.07, 6.45) is 1.99. The number of hydrogen-bond donors (Lipinski definition) is 2. The highest BCUT2D eigenvalue weighted by atomic mass is 32.2. The number of aromatic hydroxyl groups is 1. The Balaban J connectivity index is 1.97. The summed E-state index contributed by atoms with van der Waals surface area (Å²) >= 11 is 0. The number of aromatic nitrogens is 1. The third-order valence-electron chi connectivity index (χ3n) is 2.49. The molecule has 0 fully saturated rings. The van der Waals surface area contributed by atoms with Gasteiger partial charge in [0.05, 0.1) is 5.75 Å². The van der Waals surface area contributed by atoms with Crippen molar-refractivity contribution in [3.05, 3.63) is 54.4 Å². The highest BCUT2D eigenvalue weighted by Gasteiger charge is 2.11. The van der Waals surface area contributed by atoms with Gasteiger partial charge in [-0.05, 0) is 36.4 Å². The van der Waals surface area contributed by atoms with Gasteiger partial charge in [0.25, 0.3) is 0 Å². The zero-order chi connectivity index (χ0) is 13.7. The molecule has 5 nitrogen and oxygen atoms in total. The summed E-state index contributed by atoms with van der Waals surface area (Å²) < 4.78 is 26.2. The van der Waals surface area contributed by atoms with Crippen LogP contribution in [-0.4, -0.2) is 24.3 Å². The van der Waals surface area contributed by atoms with Crippen LogP contribution in [0.5, 0.6) is 5.75 Å². The molecule has 0 spiro atoms. The van der Waals surface area contributed by atoms with Gasteiger partial charge < -0.3 is 5.11 Å². The summed E-state index contributed by atoms with van der Waals surface area (Å²) in [6.45, 7) is 0. The predicted molar refractivity (Wildman–Crippen MR) is 73.5 cm³/mol. The Morgan fingerprint density at radius 1 is 1.11 bits per heavy atom.